The minimum absolute atomic E-state index is 0.00962. The highest BCUT2D eigenvalue weighted by Gasteiger charge is 2.13. The number of carboxylic acid groups (broad SMARTS) is 1. The van der Waals surface area contributed by atoms with Crippen LogP contribution in [0.5, 0.6) is 0 Å². The molecule has 0 bridgehead atoms. The SMILES string of the molecule is NC(=O)c1nc(-c2ccc(CC(=O)O)cc2)[nH]c1N. The standard InChI is InChI=1S/C12H12N4O3/c13-10-9(11(14)19)15-12(16-10)7-3-1-6(2-4-7)5-8(17)18/h1-4H,5,13H2,(H2,14,19)(H,15,16)(H,17,18). The number of primary amides is 1. The van der Waals surface area contributed by atoms with Crippen LogP contribution in [0.25, 0.3) is 11.4 Å². The zero-order chi connectivity index (χ0) is 14.0. The molecule has 0 radical (unpaired) electrons. The summed E-state index contributed by atoms with van der Waals surface area (Å²) in [4.78, 5) is 28.3. The van der Waals surface area contributed by atoms with Crippen molar-refractivity contribution in [3.8, 4) is 11.4 Å². The number of carbonyl (C=O) groups is 2. The van der Waals surface area contributed by atoms with Crippen LogP contribution < -0.4 is 11.5 Å². The number of carboxylic acids is 1. The maximum atomic E-state index is 11.0. The average molecular weight is 260 g/mol. The second kappa shape index (κ2) is 4.81. The first kappa shape index (κ1) is 12.6. The minimum atomic E-state index is -0.897. The van der Waals surface area contributed by atoms with Gasteiger partial charge in [-0.2, -0.15) is 0 Å². The Hall–Kier alpha value is -2.83. The van der Waals surface area contributed by atoms with Crippen LogP contribution in [-0.2, 0) is 11.2 Å². The summed E-state index contributed by atoms with van der Waals surface area (Å²) in [7, 11) is 0. The van der Waals surface area contributed by atoms with Crippen molar-refractivity contribution in [2.75, 3.05) is 5.73 Å². The highest BCUT2D eigenvalue weighted by atomic mass is 16.4. The van der Waals surface area contributed by atoms with Crippen LogP contribution in [0.1, 0.15) is 16.1 Å². The first-order valence-electron chi connectivity index (χ1n) is 5.43. The van der Waals surface area contributed by atoms with Crippen molar-refractivity contribution in [2.45, 2.75) is 6.42 Å². The summed E-state index contributed by atoms with van der Waals surface area (Å²) in [5.41, 5.74) is 12.0. The van der Waals surface area contributed by atoms with E-state index in [0.717, 1.165) is 0 Å². The van der Waals surface area contributed by atoms with Gasteiger partial charge >= 0.3 is 5.97 Å². The van der Waals surface area contributed by atoms with Gasteiger partial charge in [-0.25, -0.2) is 4.98 Å². The lowest BCUT2D eigenvalue weighted by molar-refractivity contribution is -0.136. The van der Waals surface area contributed by atoms with E-state index in [0.29, 0.717) is 17.0 Å². The van der Waals surface area contributed by atoms with Crippen molar-refractivity contribution < 1.29 is 14.7 Å². The number of aromatic nitrogens is 2. The second-order valence-corrected chi connectivity index (χ2v) is 3.98. The molecular formula is C12H12N4O3. The van der Waals surface area contributed by atoms with Crippen LogP contribution in [0.2, 0.25) is 0 Å². The smallest absolute Gasteiger partial charge is 0.307 e. The fraction of sp³-hybridized carbons (Fsp3) is 0.0833. The highest BCUT2D eigenvalue weighted by Crippen LogP contribution is 2.20. The van der Waals surface area contributed by atoms with Gasteiger partial charge < -0.3 is 21.6 Å². The van der Waals surface area contributed by atoms with E-state index < -0.39 is 11.9 Å². The molecule has 0 atom stereocenters. The van der Waals surface area contributed by atoms with Gasteiger partial charge in [-0.05, 0) is 5.56 Å². The molecule has 0 saturated carbocycles. The van der Waals surface area contributed by atoms with E-state index >= 15 is 0 Å². The number of H-pyrrole nitrogens is 1. The number of aliphatic carboxylic acids is 1. The van der Waals surface area contributed by atoms with Crippen molar-refractivity contribution in [1.29, 1.82) is 0 Å². The lowest BCUT2D eigenvalue weighted by atomic mass is 10.1. The summed E-state index contributed by atoms with van der Waals surface area (Å²) in [5, 5.41) is 8.67. The molecular weight excluding hydrogens is 248 g/mol. The molecule has 0 fully saturated rings. The Labute approximate surface area is 108 Å². The fourth-order valence-electron chi connectivity index (χ4n) is 1.67. The minimum Gasteiger partial charge on any atom is -0.481 e. The molecule has 6 N–H and O–H groups in total. The Balaban J connectivity index is 2.29. The third kappa shape index (κ3) is 2.71. The third-order valence-electron chi connectivity index (χ3n) is 2.55. The van der Waals surface area contributed by atoms with E-state index in [2.05, 4.69) is 9.97 Å². The quantitative estimate of drug-likeness (QED) is 0.630. The molecule has 7 nitrogen and oxygen atoms in total. The van der Waals surface area contributed by atoms with E-state index in [4.69, 9.17) is 16.6 Å². The Morgan fingerprint density at radius 2 is 1.89 bits per heavy atom. The summed E-state index contributed by atoms with van der Waals surface area (Å²) < 4.78 is 0. The molecule has 0 aliphatic carbocycles. The van der Waals surface area contributed by atoms with Crippen LogP contribution >= 0.6 is 0 Å². The Kier molecular flexibility index (Phi) is 3.19. The summed E-state index contributed by atoms with van der Waals surface area (Å²) in [6.45, 7) is 0. The molecule has 0 spiro atoms. The number of hydrogen-bond acceptors (Lipinski definition) is 4. The number of rotatable bonds is 4. The molecule has 1 amide bonds. The number of amides is 1. The Bertz CT molecular complexity index is 631. The van der Waals surface area contributed by atoms with Gasteiger partial charge in [0.05, 0.1) is 6.42 Å². The normalized spacial score (nSPS) is 10.3. The first-order chi connectivity index (χ1) is 8.97. The maximum absolute atomic E-state index is 11.0. The van der Waals surface area contributed by atoms with Crippen LogP contribution in [-0.4, -0.2) is 27.0 Å². The van der Waals surface area contributed by atoms with Gasteiger partial charge in [0.2, 0.25) is 0 Å². The Morgan fingerprint density at radius 3 is 2.37 bits per heavy atom. The molecule has 0 saturated heterocycles. The van der Waals surface area contributed by atoms with Gasteiger partial charge in [0, 0.05) is 5.56 Å². The largest absolute Gasteiger partial charge is 0.481 e. The summed E-state index contributed by atoms with van der Waals surface area (Å²) in [6.07, 6.45) is -0.0485. The number of benzene rings is 1. The highest BCUT2D eigenvalue weighted by molar-refractivity contribution is 5.96. The van der Waals surface area contributed by atoms with Crippen LogP contribution in [0.15, 0.2) is 24.3 Å². The number of imidazole rings is 1. The number of hydrogen-bond donors (Lipinski definition) is 4. The molecule has 7 heteroatoms. The zero-order valence-corrected chi connectivity index (χ0v) is 9.88. The summed E-state index contributed by atoms with van der Waals surface area (Å²) in [5.74, 6) is -1.08. The van der Waals surface area contributed by atoms with Crippen LogP contribution in [0.3, 0.4) is 0 Å². The van der Waals surface area contributed by atoms with Crippen molar-refractivity contribution in [2.24, 2.45) is 5.73 Å². The molecule has 1 heterocycles. The molecule has 2 rings (SSSR count). The number of nitrogens with one attached hydrogen (secondary N) is 1. The number of aromatic amines is 1. The van der Waals surface area contributed by atoms with Crippen molar-refractivity contribution >= 4 is 17.7 Å². The predicted molar refractivity (Wildman–Crippen MR) is 68.3 cm³/mol. The number of nitrogens with zero attached hydrogens (tertiary/aromatic N) is 1. The number of carbonyl (C=O) groups excluding carboxylic acids is 1. The van der Waals surface area contributed by atoms with E-state index in [9.17, 15) is 9.59 Å². The molecule has 98 valence electrons. The van der Waals surface area contributed by atoms with Crippen molar-refractivity contribution in [1.82, 2.24) is 9.97 Å². The van der Waals surface area contributed by atoms with Gasteiger partial charge in [-0.1, -0.05) is 24.3 Å². The predicted octanol–water partition coefficient (Wildman–Crippen LogP) is 0.385. The molecule has 19 heavy (non-hydrogen) atoms. The second-order valence-electron chi connectivity index (χ2n) is 3.98. The fourth-order valence-corrected chi connectivity index (χ4v) is 1.67. The lowest BCUT2D eigenvalue weighted by Gasteiger charge is -1.99. The molecule has 0 unspecified atom stereocenters. The molecule has 1 aromatic carbocycles. The van der Waals surface area contributed by atoms with E-state index in [1.807, 2.05) is 0 Å². The molecule has 0 aliphatic rings. The first-order valence-corrected chi connectivity index (χ1v) is 5.43. The topological polar surface area (TPSA) is 135 Å². The van der Waals surface area contributed by atoms with Gasteiger partial charge in [0.1, 0.15) is 11.6 Å². The number of nitrogen functional groups attached to an aromatic ring is 1. The van der Waals surface area contributed by atoms with Crippen molar-refractivity contribution in [3.63, 3.8) is 0 Å². The van der Waals surface area contributed by atoms with Gasteiger partial charge in [-0.15, -0.1) is 0 Å². The zero-order valence-electron chi connectivity index (χ0n) is 9.88. The van der Waals surface area contributed by atoms with Crippen LogP contribution in [0, 0.1) is 0 Å². The van der Waals surface area contributed by atoms with Gasteiger partial charge in [-0.3, -0.25) is 9.59 Å². The molecule has 0 aliphatic heterocycles. The van der Waals surface area contributed by atoms with Gasteiger partial charge in [0.25, 0.3) is 5.91 Å². The van der Waals surface area contributed by atoms with Gasteiger partial charge in [0.15, 0.2) is 5.69 Å². The summed E-state index contributed by atoms with van der Waals surface area (Å²) >= 11 is 0. The monoisotopic (exact) mass is 260 g/mol. The van der Waals surface area contributed by atoms with E-state index in [-0.39, 0.29) is 17.9 Å². The lowest BCUT2D eigenvalue weighted by Crippen LogP contribution is -2.13. The average Bonchev–Trinajstić information content (AvgIpc) is 2.71. The van der Waals surface area contributed by atoms with Crippen molar-refractivity contribution in [3.05, 3.63) is 35.5 Å². The number of nitrogens with two attached hydrogens (primary N) is 2. The third-order valence-corrected chi connectivity index (χ3v) is 2.55. The maximum Gasteiger partial charge on any atom is 0.307 e. The summed E-state index contributed by atoms with van der Waals surface area (Å²) in [6, 6.07) is 6.74. The molecule has 2 aromatic rings. The van der Waals surface area contributed by atoms with E-state index in [1.54, 1.807) is 24.3 Å². The van der Waals surface area contributed by atoms with Crippen LogP contribution in [0.4, 0.5) is 5.82 Å². The van der Waals surface area contributed by atoms with E-state index in [1.165, 1.54) is 0 Å². The Morgan fingerprint density at radius 1 is 1.26 bits per heavy atom. The molecule has 1 aromatic heterocycles. The number of anilines is 1.